The van der Waals surface area contributed by atoms with Crippen LogP contribution in [0.3, 0.4) is 0 Å². The first-order chi connectivity index (χ1) is 21.0. The van der Waals surface area contributed by atoms with Crippen molar-refractivity contribution in [2.24, 2.45) is 0 Å². The molecule has 0 saturated carbocycles. The van der Waals surface area contributed by atoms with Crippen LogP contribution in [0.25, 0.3) is 28.1 Å². The van der Waals surface area contributed by atoms with Crippen LogP contribution in [0.15, 0.2) is 88.4 Å². The van der Waals surface area contributed by atoms with Gasteiger partial charge >= 0.3 is 5.69 Å². The zero-order chi connectivity index (χ0) is 29.3. The second-order valence-electron chi connectivity index (χ2n) is 10.1. The van der Waals surface area contributed by atoms with E-state index in [9.17, 15) is 9.59 Å². The van der Waals surface area contributed by atoms with Crippen LogP contribution in [0.2, 0.25) is 5.02 Å². The Morgan fingerprint density at radius 2 is 1.93 bits per heavy atom. The lowest BCUT2D eigenvalue weighted by Gasteiger charge is -2.32. The molecule has 13 heteroatoms. The molecule has 43 heavy (non-hydrogen) atoms. The number of nitrogens with zero attached hydrogens (tertiary/aromatic N) is 7. The summed E-state index contributed by atoms with van der Waals surface area (Å²) in [7, 11) is 0. The van der Waals surface area contributed by atoms with Gasteiger partial charge in [0, 0.05) is 47.5 Å². The van der Waals surface area contributed by atoms with Crippen molar-refractivity contribution in [2.45, 2.75) is 29.8 Å². The molecule has 1 aliphatic heterocycles. The Balaban J connectivity index is 1.04. The summed E-state index contributed by atoms with van der Waals surface area (Å²) in [5.74, 6) is 1.10. The van der Waals surface area contributed by atoms with Gasteiger partial charge in [-0.05, 0) is 55.3 Å². The molecule has 1 fully saturated rings. The van der Waals surface area contributed by atoms with Crippen LogP contribution in [0.1, 0.15) is 34.4 Å². The van der Waals surface area contributed by atoms with Crippen molar-refractivity contribution in [1.82, 2.24) is 39.2 Å². The summed E-state index contributed by atoms with van der Waals surface area (Å²) in [5.41, 5.74) is 3.74. The molecule has 1 aliphatic rings. The number of aromatic nitrogens is 7. The van der Waals surface area contributed by atoms with E-state index in [1.54, 1.807) is 12.4 Å². The maximum atomic E-state index is 13.3. The fourth-order valence-corrected chi connectivity index (χ4v) is 7.34. The van der Waals surface area contributed by atoms with Crippen molar-refractivity contribution in [2.75, 3.05) is 13.1 Å². The third-order valence-electron chi connectivity index (χ3n) is 7.46. The number of thioether (sulfide) groups is 1. The first kappa shape index (κ1) is 27.6. The molecule has 0 bridgehead atoms. The Labute approximate surface area is 259 Å². The lowest BCUT2D eigenvalue weighted by Crippen LogP contribution is -2.40. The Hall–Kier alpha value is -4.26. The monoisotopic (exact) mass is 628 g/mol. The number of aromatic amines is 1. The van der Waals surface area contributed by atoms with Gasteiger partial charge < -0.3 is 9.88 Å². The highest BCUT2D eigenvalue weighted by molar-refractivity contribution is 7.98. The summed E-state index contributed by atoms with van der Waals surface area (Å²) < 4.78 is 3.79. The number of benzene rings is 2. The van der Waals surface area contributed by atoms with Crippen LogP contribution in [-0.4, -0.2) is 58.2 Å². The number of para-hydroxylation sites is 2. The summed E-state index contributed by atoms with van der Waals surface area (Å²) in [6.45, 7) is 1.13. The maximum Gasteiger partial charge on any atom is 0.326 e. The number of rotatable bonds is 7. The number of piperidine rings is 1. The van der Waals surface area contributed by atoms with Crippen molar-refractivity contribution in [1.29, 1.82) is 0 Å². The predicted octanol–water partition coefficient (Wildman–Crippen LogP) is 5.85. The molecule has 6 aromatic rings. The zero-order valence-corrected chi connectivity index (χ0v) is 25.1. The van der Waals surface area contributed by atoms with Crippen LogP contribution in [0.5, 0.6) is 0 Å². The van der Waals surface area contributed by atoms with Gasteiger partial charge in [-0.2, -0.15) is 0 Å². The average Bonchev–Trinajstić information content (AvgIpc) is 3.77. The van der Waals surface area contributed by atoms with Gasteiger partial charge in [0.15, 0.2) is 11.0 Å². The molecule has 2 aromatic carbocycles. The molecule has 0 unspecified atom stereocenters. The number of pyridine rings is 1. The maximum absolute atomic E-state index is 13.3. The first-order valence-electron chi connectivity index (χ1n) is 13.7. The summed E-state index contributed by atoms with van der Waals surface area (Å²) in [6, 6.07) is 19.1. The second kappa shape index (κ2) is 11.8. The predicted molar refractivity (Wildman–Crippen MR) is 168 cm³/mol. The molecule has 0 spiro atoms. The van der Waals surface area contributed by atoms with E-state index in [-0.39, 0.29) is 17.6 Å². The molecule has 5 heterocycles. The minimum Gasteiger partial charge on any atom is -0.337 e. The quantitative estimate of drug-likeness (QED) is 0.221. The van der Waals surface area contributed by atoms with E-state index < -0.39 is 0 Å². The molecule has 0 radical (unpaired) electrons. The fourth-order valence-electron chi connectivity index (χ4n) is 5.42. The minimum absolute atomic E-state index is 0.0449. The summed E-state index contributed by atoms with van der Waals surface area (Å²) >= 11 is 9.26. The Morgan fingerprint density at radius 1 is 1.07 bits per heavy atom. The SMILES string of the molecule is O=C(c1csc(CSc2nnc(-c3cccnc3)n2-c2cccc(Cl)c2)n1)N1CCC(n2c(=O)[nH]c3ccccc32)CC1. The standard InChI is InChI=1S/C30H25ClN8O2S2/c31-20-6-3-7-22(15-20)39-27(19-5-4-12-32-16-19)35-36-30(39)43-18-26-33-24(17-42-26)28(40)37-13-10-21(11-14-37)38-25-9-2-1-8-23(25)34-29(38)41/h1-9,12,15-17,21H,10-11,13-14,18H2,(H,34,41). The molecular formula is C30H25ClN8O2S2. The van der Waals surface area contributed by atoms with E-state index in [1.165, 1.54) is 23.1 Å². The fraction of sp³-hybridized carbons (Fsp3) is 0.200. The molecule has 10 nitrogen and oxygen atoms in total. The third-order valence-corrected chi connectivity index (χ3v) is 9.66. The van der Waals surface area contributed by atoms with Crippen molar-refractivity contribution in [3.05, 3.63) is 105 Å². The highest BCUT2D eigenvalue weighted by atomic mass is 35.5. The number of thiazole rings is 1. The van der Waals surface area contributed by atoms with Crippen LogP contribution in [0.4, 0.5) is 0 Å². The Kier molecular flexibility index (Phi) is 7.56. The van der Waals surface area contributed by atoms with Gasteiger partial charge in [0.2, 0.25) is 0 Å². The first-order valence-corrected chi connectivity index (χ1v) is 16.0. The number of halogens is 1. The smallest absolute Gasteiger partial charge is 0.326 e. The van der Waals surface area contributed by atoms with E-state index in [1.807, 2.05) is 80.1 Å². The lowest BCUT2D eigenvalue weighted by atomic mass is 10.0. The molecule has 1 N–H and O–H groups in total. The van der Waals surface area contributed by atoms with Crippen molar-refractivity contribution < 1.29 is 4.79 Å². The van der Waals surface area contributed by atoms with Crippen LogP contribution < -0.4 is 5.69 Å². The summed E-state index contributed by atoms with van der Waals surface area (Å²) in [5, 5.41) is 12.8. The van der Waals surface area contributed by atoms with E-state index in [2.05, 4.69) is 25.1 Å². The lowest BCUT2D eigenvalue weighted by molar-refractivity contribution is 0.0689. The average molecular weight is 629 g/mol. The van der Waals surface area contributed by atoms with Gasteiger partial charge in [0.25, 0.3) is 5.91 Å². The van der Waals surface area contributed by atoms with Crippen LogP contribution in [-0.2, 0) is 5.75 Å². The number of carbonyl (C=O) groups is 1. The highest BCUT2D eigenvalue weighted by Crippen LogP contribution is 2.32. The molecule has 0 aliphatic carbocycles. The topological polar surface area (TPSA) is 115 Å². The number of H-pyrrole nitrogens is 1. The molecule has 216 valence electrons. The van der Waals surface area contributed by atoms with Crippen molar-refractivity contribution >= 4 is 51.6 Å². The van der Waals surface area contributed by atoms with Gasteiger partial charge in [0.1, 0.15) is 10.7 Å². The second-order valence-corrected chi connectivity index (χ2v) is 12.4. The van der Waals surface area contributed by atoms with Gasteiger partial charge in [-0.25, -0.2) is 9.78 Å². The van der Waals surface area contributed by atoms with Gasteiger partial charge in [-0.15, -0.1) is 21.5 Å². The van der Waals surface area contributed by atoms with Crippen LogP contribution >= 0.6 is 34.7 Å². The molecule has 0 atom stereocenters. The minimum atomic E-state index is -0.105. The van der Waals surface area contributed by atoms with E-state index in [0.29, 0.717) is 53.4 Å². The largest absolute Gasteiger partial charge is 0.337 e. The molecule has 4 aromatic heterocycles. The van der Waals surface area contributed by atoms with E-state index in [0.717, 1.165) is 27.3 Å². The number of hydrogen-bond acceptors (Lipinski definition) is 8. The molecular weight excluding hydrogens is 604 g/mol. The van der Waals surface area contributed by atoms with Crippen LogP contribution in [0, 0.1) is 0 Å². The zero-order valence-electron chi connectivity index (χ0n) is 22.8. The summed E-state index contributed by atoms with van der Waals surface area (Å²) in [4.78, 5) is 39.6. The number of carbonyl (C=O) groups excluding carboxylic acids is 1. The number of fused-ring (bicyclic) bond motifs is 1. The van der Waals surface area contributed by atoms with Gasteiger partial charge in [-0.3, -0.25) is 18.9 Å². The number of likely N-dealkylation sites (tertiary alicyclic amines) is 1. The number of nitrogens with one attached hydrogen (secondary N) is 1. The van der Waals surface area contributed by atoms with Gasteiger partial charge in [0.05, 0.1) is 22.5 Å². The molecule has 7 rings (SSSR count). The molecule has 1 amide bonds. The summed E-state index contributed by atoms with van der Waals surface area (Å²) in [6.07, 6.45) is 4.88. The van der Waals surface area contributed by atoms with Crippen molar-refractivity contribution in [3.63, 3.8) is 0 Å². The van der Waals surface area contributed by atoms with E-state index in [4.69, 9.17) is 11.6 Å². The highest BCUT2D eigenvalue weighted by Gasteiger charge is 2.28. The number of amides is 1. The molecule has 1 saturated heterocycles. The van der Waals surface area contributed by atoms with Crippen molar-refractivity contribution in [3.8, 4) is 17.1 Å². The number of hydrogen-bond donors (Lipinski definition) is 1. The Morgan fingerprint density at radius 3 is 2.74 bits per heavy atom. The Bertz CT molecular complexity index is 1970. The normalized spacial score (nSPS) is 14.0. The van der Waals surface area contributed by atoms with E-state index >= 15 is 0 Å². The van der Waals surface area contributed by atoms with Gasteiger partial charge in [-0.1, -0.05) is 41.6 Å². The number of imidazole rings is 1. The third kappa shape index (κ3) is 5.49.